The minimum atomic E-state index is -0.377. The molecule has 0 saturated heterocycles. The van der Waals surface area contributed by atoms with Crippen LogP contribution in [0.5, 0.6) is 0 Å². The lowest BCUT2D eigenvalue weighted by Gasteiger charge is -2.25. The molecule has 5 rings (SSSR count). The lowest BCUT2D eigenvalue weighted by Crippen LogP contribution is -2.23. The Morgan fingerprint density at radius 2 is 1.97 bits per heavy atom. The second kappa shape index (κ2) is 6.67. The second-order valence-electron chi connectivity index (χ2n) is 7.00. The van der Waals surface area contributed by atoms with E-state index in [0.29, 0.717) is 28.9 Å². The Bertz CT molecular complexity index is 1350. The number of benzene rings is 2. The zero-order valence-corrected chi connectivity index (χ0v) is 16.5. The quantitative estimate of drug-likeness (QED) is 0.422. The van der Waals surface area contributed by atoms with E-state index in [2.05, 4.69) is 11.9 Å². The molecule has 4 nitrogen and oxygen atoms in total. The molecule has 0 radical (unpaired) electrons. The Kier molecular flexibility index (Phi) is 4.10. The third kappa shape index (κ3) is 2.79. The van der Waals surface area contributed by atoms with E-state index in [0.717, 1.165) is 27.3 Å². The van der Waals surface area contributed by atoms with Gasteiger partial charge in [-0.25, -0.2) is 4.39 Å². The Balaban J connectivity index is 1.87. The van der Waals surface area contributed by atoms with Gasteiger partial charge in [-0.05, 0) is 47.9 Å². The number of aryl methyl sites for hydroxylation is 1. The van der Waals surface area contributed by atoms with Gasteiger partial charge in [-0.2, -0.15) is 4.98 Å². The molecule has 0 amide bonds. The molecule has 6 heteroatoms. The maximum atomic E-state index is 13.4. The zero-order valence-electron chi connectivity index (χ0n) is 15.6. The molecule has 4 aromatic rings. The lowest BCUT2D eigenvalue weighted by molar-refractivity contribution is 0.512. The highest BCUT2D eigenvalue weighted by Gasteiger charge is 2.27. The molecule has 0 fully saturated rings. The molecule has 0 saturated carbocycles. The van der Waals surface area contributed by atoms with Gasteiger partial charge in [-0.15, -0.1) is 11.3 Å². The molecule has 1 N–H and O–H groups in total. The minimum absolute atomic E-state index is 0.0237. The van der Waals surface area contributed by atoms with Crippen LogP contribution < -0.4 is 5.56 Å². The summed E-state index contributed by atoms with van der Waals surface area (Å²) in [5.74, 6) is 0.0367. The molecule has 0 unspecified atom stereocenters. The first-order chi connectivity index (χ1) is 14.1. The average Bonchev–Trinajstić information content (AvgIpc) is 3.18. The topological polar surface area (TPSA) is 55.1 Å². The van der Waals surface area contributed by atoms with Gasteiger partial charge in [0.25, 0.3) is 5.56 Å². The number of aliphatic hydroxyl groups is 1. The van der Waals surface area contributed by atoms with Crippen LogP contribution in [-0.2, 0) is 13.0 Å². The monoisotopic (exact) mass is 404 g/mol. The Hall–Kier alpha value is -3.25. The van der Waals surface area contributed by atoms with Crippen molar-refractivity contribution in [3.8, 4) is 0 Å². The summed E-state index contributed by atoms with van der Waals surface area (Å²) in [6.45, 7) is 2.62. The number of hydrogen-bond donors (Lipinski definition) is 1. The maximum absolute atomic E-state index is 13.4. The summed E-state index contributed by atoms with van der Waals surface area (Å²) in [4.78, 5) is 19.1. The molecule has 144 valence electrons. The van der Waals surface area contributed by atoms with Crippen molar-refractivity contribution in [2.75, 3.05) is 0 Å². The number of rotatable bonds is 2. The van der Waals surface area contributed by atoms with Crippen LogP contribution in [0, 0.1) is 5.82 Å². The number of halogens is 1. The molecule has 3 heterocycles. The molecule has 29 heavy (non-hydrogen) atoms. The summed E-state index contributed by atoms with van der Waals surface area (Å²) in [6.07, 6.45) is 0.842. The van der Waals surface area contributed by atoms with Crippen molar-refractivity contribution in [3.05, 3.63) is 98.2 Å². The highest BCUT2D eigenvalue weighted by molar-refractivity contribution is 7.18. The first-order valence-electron chi connectivity index (χ1n) is 9.38. The second-order valence-corrected chi connectivity index (χ2v) is 8.11. The largest absolute Gasteiger partial charge is 0.507 e. The van der Waals surface area contributed by atoms with Gasteiger partial charge in [0.1, 0.15) is 22.2 Å². The summed E-state index contributed by atoms with van der Waals surface area (Å²) in [5, 5.41) is 11.8. The molecule has 2 aromatic carbocycles. The standard InChI is InChI=1S/C23H17FN2O2S/c1-2-16-11-18-22(28)25-21-19(20(27)13-7-9-15(24)10-8-13)17-6-4-3-5-14(17)12-26(21)23(18)29-16/h3-11,27H,2,12H2,1H3. The molecule has 0 aliphatic carbocycles. The molecular formula is C23H17FN2O2S. The normalized spacial score (nSPS) is 14.6. The highest BCUT2D eigenvalue weighted by atomic mass is 32.1. The van der Waals surface area contributed by atoms with Crippen LogP contribution in [0.1, 0.15) is 34.3 Å². The number of hydrogen-bond acceptors (Lipinski definition) is 4. The fraction of sp³-hybridized carbons (Fsp3) is 0.130. The Morgan fingerprint density at radius 3 is 2.72 bits per heavy atom. The molecule has 0 atom stereocenters. The molecular weight excluding hydrogens is 387 g/mol. The maximum Gasteiger partial charge on any atom is 0.281 e. The van der Waals surface area contributed by atoms with Gasteiger partial charge < -0.3 is 9.67 Å². The van der Waals surface area contributed by atoms with Crippen molar-refractivity contribution in [2.24, 2.45) is 0 Å². The van der Waals surface area contributed by atoms with E-state index in [4.69, 9.17) is 0 Å². The van der Waals surface area contributed by atoms with Gasteiger partial charge in [0.2, 0.25) is 0 Å². The Labute approximate surface area is 170 Å². The van der Waals surface area contributed by atoms with Gasteiger partial charge in [-0.1, -0.05) is 31.2 Å². The van der Waals surface area contributed by atoms with Crippen molar-refractivity contribution in [1.29, 1.82) is 0 Å². The molecule has 0 bridgehead atoms. The predicted octanol–water partition coefficient (Wildman–Crippen LogP) is 5.00. The van der Waals surface area contributed by atoms with E-state index in [9.17, 15) is 14.3 Å². The summed E-state index contributed by atoms with van der Waals surface area (Å²) >= 11 is 1.58. The van der Waals surface area contributed by atoms with Crippen molar-refractivity contribution in [1.82, 2.24) is 9.55 Å². The summed E-state index contributed by atoms with van der Waals surface area (Å²) in [5.41, 5.74) is 2.52. The van der Waals surface area contributed by atoms with Crippen LogP contribution in [0.4, 0.5) is 4.39 Å². The van der Waals surface area contributed by atoms with Gasteiger partial charge >= 0.3 is 0 Å². The lowest BCUT2D eigenvalue weighted by atomic mass is 9.92. The zero-order chi connectivity index (χ0) is 20.1. The minimum Gasteiger partial charge on any atom is -0.507 e. The SMILES string of the molecule is CCc1cc2c(=O)nc3n(c2s1)Cc1ccccc1C3=C(O)c1ccc(F)cc1. The molecule has 0 spiro atoms. The molecule has 2 aromatic heterocycles. The number of nitrogens with zero attached hydrogens (tertiary/aromatic N) is 2. The van der Waals surface area contributed by atoms with Crippen molar-refractivity contribution in [2.45, 2.75) is 19.9 Å². The van der Waals surface area contributed by atoms with E-state index in [1.54, 1.807) is 11.3 Å². The van der Waals surface area contributed by atoms with Crippen molar-refractivity contribution in [3.63, 3.8) is 0 Å². The van der Waals surface area contributed by atoms with E-state index >= 15 is 0 Å². The van der Waals surface area contributed by atoms with E-state index in [1.165, 1.54) is 24.3 Å². The number of aromatic nitrogens is 2. The van der Waals surface area contributed by atoms with E-state index < -0.39 is 0 Å². The number of thiophene rings is 1. The number of fused-ring (bicyclic) bond motifs is 4. The highest BCUT2D eigenvalue weighted by Crippen LogP contribution is 2.38. The van der Waals surface area contributed by atoms with Crippen molar-refractivity contribution >= 4 is 32.9 Å². The summed E-state index contributed by atoms with van der Waals surface area (Å²) in [6, 6.07) is 15.3. The van der Waals surface area contributed by atoms with E-state index in [1.807, 2.05) is 34.9 Å². The van der Waals surface area contributed by atoms with Crippen LogP contribution >= 0.6 is 11.3 Å². The van der Waals surface area contributed by atoms with E-state index in [-0.39, 0.29) is 17.1 Å². The summed E-state index contributed by atoms with van der Waals surface area (Å²) < 4.78 is 15.4. The fourth-order valence-electron chi connectivity index (χ4n) is 3.79. The van der Waals surface area contributed by atoms with Crippen LogP contribution in [0.3, 0.4) is 0 Å². The van der Waals surface area contributed by atoms with Gasteiger partial charge in [0.05, 0.1) is 17.5 Å². The predicted molar refractivity (Wildman–Crippen MR) is 114 cm³/mol. The Morgan fingerprint density at radius 1 is 1.21 bits per heavy atom. The van der Waals surface area contributed by atoms with Crippen molar-refractivity contribution < 1.29 is 9.50 Å². The first-order valence-corrected chi connectivity index (χ1v) is 10.2. The van der Waals surface area contributed by atoms with Crippen LogP contribution in [0.2, 0.25) is 0 Å². The van der Waals surface area contributed by atoms with Crippen LogP contribution in [0.15, 0.2) is 59.4 Å². The molecule has 1 aliphatic rings. The smallest absolute Gasteiger partial charge is 0.281 e. The summed E-state index contributed by atoms with van der Waals surface area (Å²) in [7, 11) is 0. The average molecular weight is 404 g/mol. The number of aliphatic hydroxyl groups excluding tert-OH is 1. The third-order valence-electron chi connectivity index (χ3n) is 5.24. The molecule has 1 aliphatic heterocycles. The van der Waals surface area contributed by atoms with Gasteiger partial charge in [0, 0.05) is 10.4 Å². The van der Waals surface area contributed by atoms with Crippen LogP contribution in [0.25, 0.3) is 21.5 Å². The van der Waals surface area contributed by atoms with Gasteiger partial charge in [0.15, 0.2) is 0 Å². The first kappa shape index (κ1) is 17.8. The third-order valence-corrected chi connectivity index (χ3v) is 6.55. The van der Waals surface area contributed by atoms with Crippen LogP contribution in [-0.4, -0.2) is 14.7 Å². The van der Waals surface area contributed by atoms with Gasteiger partial charge in [-0.3, -0.25) is 4.79 Å². The fourth-order valence-corrected chi connectivity index (χ4v) is 4.88.